The molecule has 156 valence electrons. The molecule has 8 nitrogen and oxygen atoms in total. The Balaban J connectivity index is 1.33. The number of carbonyl (C=O) groups is 1. The van der Waals surface area contributed by atoms with E-state index in [9.17, 15) is 4.79 Å². The van der Waals surface area contributed by atoms with Crippen LogP contribution in [0.1, 0.15) is 5.82 Å². The fourth-order valence-electron chi connectivity index (χ4n) is 3.17. The quantitative estimate of drug-likeness (QED) is 0.629. The number of halogens is 3. The van der Waals surface area contributed by atoms with Gasteiger partial charge >= 0.3 is 6.03 Å². The lowest BCUT2D eigenvalue weighted by atomic mass is 10.3. The van der Waals surface area contributed by atoms with Crippen molar-refractivity contribution in [2.24, 2.45) is 0 Å². The number of nitrogens with one attached hydrogen (secondary N) is 1. The number of hydrogen-bond donors (Lipinski definition) is 1. The van der Waals surface area contributed by atoms with Crippen LogP contribution >= 0.6 is 34.8 Å². The van der Waals surface area contributed by atoms with Crippen molar-refractivity contribution in [3.8, 4) is 5.69 Å². The van der Waals surface area contributed by atoms with Crippen molar-refractivity contribution < 1.29 is 4.79 Å². The maximum absolute atomic E-state index is 12.5. The number of benzene rings is 2. The highest BCUT2D eigenvalue weighted by Crippen LogP contribution is 2.25. The molecule has 1 aliphatic heterocycles. The zero-order valence-electron chi connectivity index (χ0n) is 15.8. The second-order valence-corrected chi connectivity index (χ2v) is 8.06. The van der Waals surface area contributed by atoms with Crippen LogP contribution in [0.3, 0.4) is 0 Å². The number of nitrogens with zero attached hydrogens (tertiary/aromatic N) is 6. The summed E-state index contributed by atoms with van der Waals surface area (Å²) in [7, 11) is 0. The predicted octanol–water partition coefficient (Wildman–Crippen LogP) is 3.97. The van der Waals surface area contributed by atoms with E-state index in [2.05, 4.69) is 25.7 Å². The molecule has 0 bridgehead atoms. The molecule has 2 heterocycles. The Kier molecular flexibility index (Phi) is 6.38. The molecule has 30 heavy (non-hydrogen) atoms. The number of rotatable bonds is 4. The van der Waals surface area contributed by atoms with Gasteiger partial charge in [0.25, 0.3) is 0 Å². The van der Waals surface area contributed by atoms with E-state index in [1.165, 1.54) is 0 Å². The smallest absolute Gasteiger partial charge is 0.321 e. The van der Waals surface area contributed by atoms with Gasteiger partial charge in [0.1, 0.15) is 0 Å². The molecule has 11 heteroatoms. The summed E-state index contributed by atoms with van der Waals surface area (Å²) in [5.41, 5.74) is 1.46. The molecule has 0 aliphatic carbocycles. The van der Waals surface area contributed by atoms with Gasteiger partial charge in [-0.1, -0.05) is 34.8 Å². The molecule has 1 fully saturated rings. The lowest BCUT2D eigenvalue weighted by Gasteiger charge is -2.34. The fourth-order valence-corrected chi connectivity index (χ4v) is 3.60. The summed E-state index contributed by atoms with van der Waals surface area (Å²) in [4.78, 5) is 16.5. The van der Waals surface area contributed by atoms with Gasteiger partial charge in [-0.25, -0.2) is 4.79 Å². The third kappa shape index (κ3) is 4.84. The van der Waals surface area contributed by atoms with Gasteiger partial charge in [-0.15, -0.1) is 5.10 Å². The average molecular weight is 467 g/mol. The van der Waals surface area contributed by atoms with Crippen LogP contribution in [0.5, 0.6) is 0 Å². The summed E-state index contributed by atoms with van der Waals surface area (Å²) >= 11 is 17.9. The standard InChI is InChI=1S/C19H18Cl3N7O/c20-13-1-4-15(5-2-13)29-18(24-25-26-29)12-27-7-9-28(10-8-27)19(30)23-14-3-6-16(21)17(22)11-14/h1-6,11H,7-10,12H2,(H,23,30). The molecule has 0 spiro atoms. The molecule has 0 radical (unpaired) electrons. The summed E-state index contributed by atoms with van der Waals surface area (Å²) in [5.74, 6) is 0.728. The first-order valence-electron chi connectivity index (χ1n) is 9.26. The van der Waals surface area contributed by atoms with Crippen molar-refractivity contribution in [3.63, 3.8) is 0 Å². The number of piperazine rings is 1. The number of carbonyl (C=O) groups excluding carboxylic acids is 1. The lowest BCUT2D eigenvalue weighted by molar-refractivity contribution is 0.140. The molecule has 1 N–H and O–H groups in total. The lowest BCUT2D eigenvalue weighted by Crippen LogP contribution is -2.49. The van der Waals surface area contributed by atoms with Gasteiger partial charge in [0.05, 0.1) is 22.3 Å². The predicted molar refractivity (Wildman–Crippen MR) is 116 cm³/mol. The van der Waals surface area contributed by atoms with E-state index in [4.69, 9.17) is 34.8 Å². The van der Waals surface area contributed by atoms with Gasteiger partial charge in [-0.3, -0.25) is 4.90 Å². The van der Waals surface area contributed by atoms with Crippen LogP contribution in [-0.2, 0) is 6.54 Å². The number of tetrazole rings is 1. The number of amides is 2. The highest BCUT2D eigenvalue weighted by atomic mass is 35.5. The Bertz CT molecular complexity index is 1030. The number of hydrogen-bond acceptors (Lipinski definition) is 5. The minimum Gasteiger partial charge on any atom is -0.322 e. The average Bonchev–Trinajstić information content (AvgIpc) is 3.20. The van der Waals surface area contributed by atoms with Crippen LogP contribution in [0.25, 0.3) is 5.69 Å². The minimum atomic E-state index is -0.168. The summed E-state index contributed by atoms with van der Waals surface area (Å²) in [5, 5.41) is 16.4. The Morgan fingerprint density at radius 2 is 1.70 bits per heavy atom. The first kappa shape index (κ1) is 20.9. The monoisotopic (exact) mass is 465 g/mol. The molecular formula is C19H18Cl3N7O. The van der Waals surface area contributed by atoms with Crippen LogP contribution in [0.2, 0.25) is 15.1 Å². The van der Waals surface area contributed by atoms with E-state index in [1.54, 1.807) is 39.9 Å². The molecule has 2 aromatic carbocycles. The van der Waals surface area contributed by atoms with Crippen molar-refractivity contribution >= 4 is 46.5 Å². The Hall–Kier alpha value is -2.39. The summed E-state index contributed by atoms with van der Waals surface area (Å²) in [6.07, 6.45) is 0. The van der Waals surface area contributed by atoms with Crippen LogP contribution in [0.4, 0.5) is 10.5 Å². The molecule has 0 atom stereocenters. The van der Waals surface area contributed by atoms with E-state index in [-0.39, 0.29) is 6.03 Å². The molecule has 1 saturated heterocycles. The Morgan fingerprint density at radius 1 is 0.967 bits per heavy atom. The van der Waals surface area contributed by atoms with E-state index in [0.717, 1.165) is 11.5 Å². The maximum Gasteiger partial charge on any atom is 0.321 e. The maximum atomic E-state index is 12.5. The van der Waals surface area contributed by atoms with Crippen molar-refractivity contribution in [1.82, 2.24) is 30.0 Å². The highest BCUT2D eigenvalue weighted by molar-refractivity contribution is 6.42. The molecule has 1 aliphatic rings. The summed E-state index contributed by atoms with van der Waals surface area (Å²) < 4.78 is 1.69. The Labute approximate surface area is 188 Å². The fraction of sp³-hybridized carbons (Fsp3) is 0.263. The largest absolute Gasteiger partial charge is 0.322 e. The van der Waals surface area contributed by atoms with E-state index in [1.807, 2.05) is 12.1 Å². The first-order valence-corrected chi connectivity index (χ1v) is 10.4. The van der Waals surface area contributed by atoms with Crippen molar-refractivity contribution in [2.75, 3.05) is 31.5 Å². The number of aromatic nitrogens is 4. The molecule has 3 aromatic rings. The molecule has 1 aromatic heterocycles. The molecule has 0 saturated carbocycles. The highest BCUT2D eigenvalue weighted by Gasteiger charge is 2.23. The molecule has 0 unspecified atom stereocenters. The summed E-state index contributed by atoms with van der Waals surface area (Å²) in [6, 6.07) is 12.2. The van der Waals surface area contributed by atoms with Crippen molar-refractivity contribution in [2.45, 2.75) is 6.54 Å². The van der Waals surface area contributed by atoms with Gasteiger partial charge in [0.2, 0.25) is 0 Å². The topological polar surface area (TPSA) is 79.2 Å². The molecular weight excluding hydrogens is 449 g/mol. The SMILES string of the molecule is O=C(Nc1ccc(Cl)c(Cl)c1)N1CCN(Cc2nnnn2-c2ccc(Cl)cc2)CC1. The van der Waals surface area contributed by atoms with Crippen LogP contribution < -0.4 is 5.32 Å². The van der Waals surface area contributed by atoms with E-state index in [0.29, 0.717) is 53.5 Å². The van der Waals surface area contributed by atoms with E-state index < -0.39 is 0 Å². The number of anilines is 1. The van der Waals surface area contributed by atoms with E-state index >= 15 is 0 Å². The van der Waals surface area contributed by atoms with Gasteiger partial charge in [-0.05, 0) is 52.9 Å². The molecule has 2 amide bonds. The normalized spacial score (nSPS) is 14.7. The third-order valence-electron chi connectivity index (χ3n) is 4.80. The summed E-state index contributed by atoms with van der Waals surface area (Å²) in [6.45, 7) is 3.19. The van der Waals surface area contributed by atoms with Crippen LogP contribution in [0, 0.1) is 0 Å². The first-order chi connectivity index (χ1) is 14.5. The van der Waals surface area contributed by atoms with Crippen molar-refractivity contribution in [3.05, 3.63) is 63.4 Å². The van der Waals surface area contributed by atoms with Gasteiger partial charge < -0.3 is 10.2 Å². The van der Waals surface area contributed by atoms with Gasteiger partial charge in [-0.2, -0.15) is 4.68 Å². The zero-order valence-corrected chi connectivity index (χ0v) is 18.1. The third-order valence-corrected chi connectivity index (χ3v) is 5.79. The van der Waals surface area contributed by atoms with Gasteiger partial charge in [0, 0.05) is 36.9 Å². The van der Waals surface area contributed by atoms with Crippen LogP contribution in [-0.4, -0.2) is 62.2 Å². The van der Waals surface area contributed by atoms with Gasteiger partial charge in [0.15, 0.2) is 5.82 Å². The van der Waals surface area contributed by atoms with Crippen molar-refractivity contribution in [1.29, 1.82) is 0 Å². The zero-order chi connectivity index (χ0) is 21.1. The number of urea groups is 1. The Morgan fingerprint density at radius 3 is 2.40 bits per heavy atom. The molecule has 4 rings (SSSR count). The second-order valence-electron chi connectivity index (χ2n) is 6.81. The minimum absolute atomic E-state index is 0.168. The van der Waals surface area contributed by atoms with Crippen LogP contribution in [0.15, 0.2) is 42.5 Å². The second kappa shape index (κ2) is 9.18.